The minimum absolute atomic E-state index is 0.211. The Morgan fingerprint density at radius 2 is 2.27 bits per heavy atom. The summed E-state index contributed by atoms with van der Waals surface area (Å²) in [7, 11) is 1.41. The third-order valence-corrected chi connectivity index (χ3v) is 5.94. The number of aryl methyl sites for hydroxylation is 1. The molecule has 136 valence electrons. The fraction of sp³-hybridized carbons (Fsp3) is 0.421. The van der Waals surface area contributed by atoms with E-state index in [2.05, 4.69) is 32.9 Å². The molecule has 0 unspecified atom stereocenters. The molecule has 0 aliphatic carbocycles. The van der Waals surface area contributed by atoms with E-state index in [1.54, 1.807) is 11.3 Å². The monoisotopic (exact) mass is 370 g/mol. The zero-order valence-electron chi connectivity index (χ0n) is 14.8. The first-order chi connectivity index (χ1) is 12.7. The Morgan fingerprint density at radius 1 is 1.38 bits per heavy atom. The Hall–Kier alpha value is -2.25. The Morgan fingerprint density at radius 3 is 3.12 bits per heavy atom. The molecule has 0 radical (unpaired) electrons. The zero-order chi connectivity index (χ0) is 17.9. The van der Waals surface area contributed by atoms with Crippen LogP contribution in [0, 0.1) is 0 Å². The maximum absolute atomic E-state index is 11.3. The van der Waals surface area contributed by atoms with Crippen LogP contribution in [0.3, 0.4) is 0 Å². The van der Waals surface area contributed by atoms with Crippen molar-refractivity contribution >= 4 is 27.5 Å². The van der Waals surface area contributed by atoms with Gasteiger partial charge < -0.3 is 4.74 Å². The van der Waals surface area contributed by atoms with Gasteiger partial charge in [-0.2, -0.15) is 5.10 Å². The van der Waals surface area contributed by atoms with E-state index < -0.39 is 0 Å². The summed E-state index contributed by atoms with van der Waals surface area (Å²) in [6.45, 7) is 2.49. The minimum Gasteiger partial charge on any atom is -0.469 e. The first-order valence-corrected chi connectivity index (χ1v) is 9.72. The van der Waals surface area contributed by atoms with Crippen LogP contribution in [0.15, 0.2) is 36.7 Å². The molecule has 1 aromatic carbocycles. The summed E-state index contributed by atoms with van der Waals surface area (Å²) in [5.74, 6) is -0.211. The lowest BCUT2D eigenvalue weighted by molar-refractivity contribution is -0.140. The third kappa shape index (κ3) is 3.64. The Kier molecular flexibility index (Phi) is 4.99. The first-order valence-electron chi connectivity index (χ1n) is 8.90. The number of hydrogen-bond acceptors (Lipinski definition) is 6. The summed E-state index contributed by atoms with van der Waals surface area (Å²) in [6.07, 6.45) is 6.60. The van der Waals surface area contributed by atoms with Crippen molar-refractivity contribution in [2.24, 2.45) is 0 Å². The molecule has 1 saturated heterocycles. The van der Waals surface area contributed by atoms with Crippen molar-refractivity contribution in [1.29, 1.82) is 0 Å². The van der Waals surface area contributed by atoms with Gasteiger partial charge >= 0.3 is 5.97 Å². The molecule has 1 atom stereocenters. The third-order valence-electron chi connectivity index (χ3n) is 4.80. The van der Waals surface area contributed by atoms with Gasteiger partial charge in [0.05, 0.1) is 42.5 Å². The molecule has 0 spiro atoms. The molecule has 3 heterocycles. The lowest BCUT2D eigenvalue weighted by Crippen LogP contribution is -2.22. The predicted octanol–water partition coefficient (Wildman–Crippen LogP) is 3.39. The van der Waals surface area contributed by atoms with Crippen molar-refractivity contribution in [3.8, 4) is 0 Å². The highest BCUT2D eigenvalue weighted by molar-refractivity contribution is 7.18. The van der Waals surface area contributed by atoms with Crippen LogP contribution in [0.1, 0.15) is 35.9 Å². The summed E-state index contributed by atoms with van der Waals surface area (Å²) in [6, 6.07) is 8.72. The van der Waals surface area contributed by atoms with Crippen LogP contribution in [0.25, 0.3) is 10.2 Å². The van der Waals surface area contributed by atoms with E-state index >= 15 is 0 Å². The van der Waals surface area contributed by atoms with Crippen LogP contribution in [-0.2, 0) is 22.6 Å². The number of nitrogens with zero attached hydrogens (tertiary/aromatic N) is 4. The van der Waals surface area contributed by atoms with Crippen LogP contribution < -0.4 is 0 Å². The molecule has 0 N–H and O–H groups in total. The second kappa shape index (κ2) is 7.55. The fourth-order valence-corrected chi connectivity index (χ4v) is 4.62. The van der Waals surface area contributed by atoms with Crippen molar-refractivity contribution in [1.82, 2.24) is 19.7 Å². The van der Waals surface area contributed by atoms with E-state index in [0.29, 0.717) is 19.0 Å². The average Bonchev–Trinajstić information content (AvgIpc) is 3.38. The van der Waals surface area contributed by atoms with E-state index in [9.17, 15) is 4.79 Å². The van der Waals surface area contributed by atoms with Crippen molar-refractivity contribution in [2.75, 3.05) is 13.7 Å². The number of methoxy groups -OCH3 is 1. The number of thiazole rings is 1. The van der Waals surface area contributed by atoms with E-state index in [1.807, 2.05) is 23.1 Å². The molecule has 6 nitrogen and oxygen atoms in total. The summed E-state index contributed by atoms with van der Waals surface area (Å²) in [4.78, 5) is 18.6. The van der Waals surface area contributed by atoms with Crippen molar-refractivity contribution in [3.63, 3.8) is 0 Å². The average molecular weight is 370 g/mol. The SMILES string of the molecule is COC(=O)CCn1cc(CN2CCC[C@H]2c2nc3ccccc3s2)cn1. The summed E-state index contributed by atoms with van der Waals surface area (Å²) >= 11 is 1.80. The van der Waals surface area contributed by atoms with Gasteiger partial charge in [-0.25, -0.2) is 4.98 Å². The maximum atomic E-state index is 11.3. The van der Waals surface area contributed by atoms with Gasteiger partial charge in [0.2, 0.25) is 0 Å². The van der Waals surface area contributed by atoms with Crippen LogP contribution >= 0.6 is 11.3 Å². The molecule has 0 bridgehead atoms. The largest absolute Gasteiger partial charge is 0.469 e. The highest BCUT2D eigenvalue weighted by Crippen LogP contribution is 2.37. The lowest BCUT2D eigenvalue weighted by Gasteiger charge is -2.21. The normalized spacial score (nSPS) is 17.8. The highest BCUT2D eigenvalue weighted by Gasteiger charge is 2.28. The topological polar surface area (TPSA) is 60.2 Å². The molecule has 1 fully saturated rings. The number of hydrogen-bond donors (Lipinski definition) is 0. The molecule has 4 rings (SSSR count). The number of esters is 1. The molecule has 2 aromatic heterocycles. The van der Waals surface area contributed by atoms with Crippen molar-refractivity contribution < 1.29 is 9.53 Å². The number of ether oxygens (including phenoxy) is 1. The van der Waals surface area contributed by atoms with Gasteiger partial charge in [-0.3, -0.25) is 14.4 Å². The Balaban J connectivity index is 1.44. The van der Waals surface area contributed by atoms with E-state index in [-0.39, 0.29) is 5.97 Å². The number of para-hydroxylation sites is 1. The lowest BCUT2D eigenvalue weighted by atomic mass is 10.2. The van der Waals surface area contributed by atoms with E-state index in [4.69, 9.17) is 4.98 Å². The van der Waals surface area contributed by atoms with Gasteiger partial charge in [-0.1, -0.05) is 12.1 Å². The van der Waals surface area contributed by atoms with Gasteiger partial charge in [-0.15, -0.1) is 11.3 Å². The molecular weight excluding hydrogens is 348 g/mol. The molecule has 0 saturated carbocycles. The second-order valence-corrected chi connectivity index (χ2v) is 7.65. The van der Waals surface area contributed by atoms with Gasteiger partial charge in [0, 0.05) is 18.3 Å². The standard InChI is InChI=1S/C19H22N4O2S/c1-25-18(24)8-10-23-13-14(11-20-23)12-22-9-4-6-16(22)19-21-15-5-2-3-7-17(15)26-19/h2-3,5,7,11,13,16H,4,6,8-10,12H2,1H3/t16-/m0/s1. The van der Waals surface area contributed by atoms with Gasteiger partial charge in [0.15, 0.2) is 0 Å². The zero-order valence-corrected chi connectivity index (χ0v) is 15.6. The van der Waals surface area contributed by atoms with Crippen molar-refractivity contribution in [2.45, 2.75) is 38.4 Å². The highest BCUT2D eigenvalue weighted by atomic mass is 32.1. The van der Waals surface area contributed by atoms with Gasteiger partial charge in [-0.05, 0) is 31.5 Å². The van der Waals surface area contributed by atoms with Crippen LogP contribution in [0.4, 0.5) is 0 Å². The fourth-order valence-electron chi connectivity index (χ4n) is 3.48. The minimum atomic E-state index is -0.211. The number of likely N-dealkylation sites (tertiary alicyclic amines) is 1. The number of rotatable bonds is 6. The summed E-state index contributed by atoms with van der Waals surface area (Å²) in [5, 5.41) is 5.58. The second-order valence-electron chi connectivity index (χ2n) is 6.59. The number of fused-ring (bicyclic) bond motifs is 1. The van der Waals surface area contributed by atoms with Crippen LogP contribution in [0.5, 0.6) is 0 Å². The molecule has 1 aliphatic rings. The quantitative estimate of drug-likeness (QED) is 0.623. The first kappa shape index (κ1) is 17.2. The van der Waals surface area contributed by atoms with E-state index in [0.717, 1.165) is 25.0 Å². The predicted molar refractivity (Wildman–Crippen MR) is 101 cm³/mol. The summed E-state index contributed by atoms with van der Waals surface area (Å²) in [5.41, 5.74) is 2.26. The van der Waals surface area contributed by atoms with Crippen LogP contribution in [0.2, 0.25) is 0 Å². The smallest absolute Gasteiger partial charge is 0.307 e. The number of carbonyl (C=O) groups is 1. The molecule has 0 amide bonds. The van der Waals surface area contributed by atoms with Crippen molar-refractivity contribution in [3.05, 3.63) is 47.2 Å². The maximum Gasteiger partial charge on any atom is 0.307 e. The van der Waals surface area contributed by atoms with Gasteiger partial charge in [0.25, 0.3) is 0 Å². The summed E-state index contributed by atoms with van der Waals surface area (Å²) < 4.78 is 7.75. The Bertz CT molecular complexity index is 871. The number of benzene rings is 1. The number of aromatic nitrogens is 3. The molecule has 1 aliphatic heterocycles. The number of carbonyl (C=O) groups excluding carboxylic acids is 1. The molecule has 7 heteroatoms. The molecular formula is C19H22N4O2S. The molecule has 26 heavy (non-hydrogen) atoms. The molecule has 3 aromatic rings. The van der Waals surface area contributed by atoms with Crippen LogP contribution in [-0.4, -0.2) is 39.3 Å². The Labute approximate surface area is 156 Å². The van der Waals surface area contributed by atoms with Gasteiger partial charge in [0.1, 0.15) is 5.01 Å². The van der Waals surface area contributed by atoms with E-state index in [1.165, 1.54) is 28.8 Å².